The lowest BCUT2D eigenvalue weighted by atomic mass is 10.1. The lowest BCUT2D eigenvalue weighted by Crippen LogP contribution is -2.54. The highest BCUT2D eigenvalue weighted by atomic mass is 35.5. The smallest absolute Gasteiger partial charge is 0.339 e. The Morgan fingerprint density at radius 3 is 1.96 bits per heavy atom. The predicted molar refractivity (Wildman–Crippen MR) is 102 cm³/mol. The zero-order valence-corrected chi connectivity index (χ0v) is 16.8. The van der Waals surface area contributed by atoms with E-state index in [1.807, 2.05) is 6.92 Å². The first-order valence-corrected chi connectivity index (χ1v) is 10.3. The standard InChI is InChI=1S/C13H20N2O4S.C3H4Cl2O/c1-10-4-6-11(7-5-10)20(18,19)13(15,12(16)17)8-2-3-9-14;4-1-3(6)2-5/h4-7H,2-3,8-9,14-15H2,1H3,(H,16,17);1-2H2/t13-;/m1./s1. The van der Waals surface area contributed by atoms with Gasteiger partial charge in [-0.25, -0.2) is 13.2 Å². The van der Waals surface area contributed by atoms with Crippen molar-refractivity contribution < 1.29 is 23.1 Å². The number of nitrogens with two attached hydrogens (primary N) is 2. The minimum Gasteiger partial charge on any atom is -0.479 e. The van der Waals surface area contributed by atoms with Gasteiger partial charge < -0.3 is 16.6 Å². The Bertz CT molecular complexity index is 689. The maximum Gasteiger partial charge on any atom is 0.339 e. The summed E-state index contributed by atoms with van der Waals surface area (Å²) < 4.78 is 24.9. The summed E-state index contributed by atoms with van der Waals surface area (Å²) in [6.45, 7) is 2.17. The predicted octanol–water partition coefficient (Wildman–Crippen LogP) is 1.67. The minimum absolute atomic E-state index is 0.0312. The van der Waals surface area contributed by atoms with Gasteiger partial charge in [0.15, 0.2) is 5.78 Å². The Morgan fingerprint density at radius 1 is 1.12 bits per heavy atom. The SMILES string of the molecule is Cc1ccc(S(=O)(=O)[C@](N)(CCCCN)C(=O)O)cc1.O=C(CCl)CCl. The number of unbranched alkanes of at least 4 members (excludes halogenated alkanes) is 1. The molecule has 0 saturated carbocycles. The fourth-order valence-corrected chi connectivity index (χ4v) is 3.70. The monoisotopic (exact) mass is 426 g/mol. The number of alkyl halides is 2. The molecular weight excluding hydrogens is 403 g/mol. The van der Waals surface area contributed by atoms with Crippen LogP contribution in [0.25, 0.3) is 0 Å². The molecule has 1 aromatic rings. The van der Waals surface area contributed by atoms with E-state index in [4.69, 9.17) is 34.7 Å². The highest BCUT2D eigenvalue weighted by Gasteiger charge is 2.47. The zero-order chi connectivity index (χ0) is 20.4. The number of ketones is 1. The number of rotatable bonds is 9. The van der Waals surface area contributed by atoms with Crippen molar-refractivity contribution in [1.29, 1.82) is 0 Å². The van der Waals surface area contributed by atoms with Crippen molar-refractivity contribution in [1.82, 2.24) is 0 Å². The Morgan fingerprint density at radius 2 is 1.62 bits per heavy atom. The van der Waals surface area contributed by atoms with Gasteiger partial charge in [-0.1, -0.05) is 17.7 Å². The van der Waals surface area contributed by atoms with E-state index < -0.39 is 20.7 Å². The van der Waals surface area contributed by atoms with Crippen LogP contribution in [-0.2, 0) is 19.4 Å². The molecular formula is C16H24Cl2N2O5S. The second kappa shape index (κ2) is 11.5. The molecule has 1 rings (SSSR count). The van der Waals surface area contributed by atoms with Crippen LogP contribution in [0.1, 0.15) is 24.8 Å². The molecule has 0 spiro atoms. The van der Waals surface area contributed by atoms with Crippen LogP contribution < -0.4 is 11.5 Å². The maximum atomic E-state index is 12.5. The number of hydrogen-bond donors (Lipinski definition) is 3. The van der Waals surface area contributed by atoms with E-state index in [-0.39, 0.29) is 28.9 Å². The molecule has 0 aromatic heterocycles. The quantitative estimate of drug-likeness (QED) is 0.402. The molecule has 0 aliphatic rings. The van der Waals surface area contributed by atoms with Crippen molar-refractivity contribution in [2.75, 3.05) is 18.3 Å². The highest BCUT2D eigenvalue weighted by Crippen LogP contribution is 2.27. The number of sulfone groups is 1. The zero-order valence-electron chi connectivity index (χ0n) is 14.5. The molecule has 7 nitrogen and oxygen atoms in total. The summed E-state index contributed by atoms with van der Waals surface area (Å²) in [6, 6.07) is 5.96. The van der Waals surface area contributed by atoms with E-state index in [9.17, 15) is 23.1 Å². The van der Waals surface area contributed by atoms with Crippen molar-refractivity contribution >= 4 is 44.8 Å². The second-order valence-electron chi connectivity index (χ2n) is 5.56. The van der Waals surface area contributed by atoms with E-state index in [0.717, 1.165) is 5.56 Å². The Kier molecular flexibility index (Phi) is 11.0. The van der Waals surface area contributed by atoms with Crippen molar-refractivity contribution in [2.45, 2.75) is 36.0 Å². The molecule has 0 aliphatic heterocycles. The van der Waals surface area contributed by atoms with E-state index in [2.05, 4.69) is 0 Å². The van der Waals surface area contributed by atoms with Crippen LogP contribution in [0.3, 0.4) is 0 Å². The molecule has 0 heterocycles. The fourth-order valence-electron chi connectivity index (χ4n) is 1.85. The number of halogens is 2. The number of carbonyl (C=O) groups is 2. The molecule has 1 aromatic carbocycles. The minimum atomic E-state index is -4.16. The van der Waals surface area contributed by atoms with Gasteiger partial charge in [0.2, 0.25) is 14.7 Å². The molecule has 5 N–H and O–H groups in total. The molecule has 0 unspecified atom stereocenters. The Balaban J connectivity index is 0.000000896. The number of aryl methyl sites for hydroxylation is 1. The van der Waals surface area contributed by atoms with E-state index >= 15 is 0 Å². The highest BCUT2D eigenvalue weighted by molar-refractivity contribution is 7.93. The summed E-state index contributed by atoms with van der Waals surface area (Å²) in [6.07, 6.45) is 0.690. The van der Waals surface area contributed by atoms with Gasteiger partial charge in [0.05, 0.1) is 16.7 Å². The van der Waals surface area contributed by atoms with Crippen LogP contribution in [0.15, 0.2) is 29.2 Å². The molecule has 26 heavy (non-hydrogen) atoms. The van der Waals surface area contributed by atoms with Crippen molar-refractivity contribution in [2.24, 2.45) is 11.5 Å². The van der Waals surface area contributed by atoms with Gasteiger partial charge in [0.1, 0.15) is 0 Å². The third-order valence-electron chi connectivity index (χ3n) is 3.47. The first kappa shape index (κ1) is 24.8. The molecule has 0 saturated heterocycles. The summed E-state index contributed by atoms with van der Waals surface area (Å²) >= 11 is 10.0. The summed E-state index contributed by atoms with van der Waals surface area (Å²) in [7, 11) is -4.16. The Hall–Kier alpha value is -1.19. The summed E-state index contributed by atoms with van der Waals surface area (Å²) in [5.41, 5.74) is 11.9. The first-order valence-electron chi connectivity index (χ1n) is 7.74. The van der Waals surface area contributed by atoms with Gasteiger partial charge in [0.25, 0.3) is 0 Å². The number of benzene rings is 1. The number of carboxylic acids is 1. The van der Waals surface area contributed by atoms with Crippen LogP contribution in [0.4, 0.5) is 0 Å². The first-order chi connectivity index (χ1) is 12.1. The molecule has 148 valence electrons. The van der Waals surface area contributed by atoms with Crippen LogP contribution in [0.2, 0.25) is 0 Å². The average Bonchev–Trinajstić information content (AvgIpc) is 2.61. The topological polar surface area (TPSA) is 141 Å². The van der Waals surface area contributed by atoms with Gasteiger partial charge in [-0.05, 0) is 44.9 Å². The van der Waals surface area contributed by atoms with Crippen molar-refractivity contribution in [3.63, 3.8) is 0 Å². The molecule has 0 aliphatic carbocycles. The van der Waals surface area contributed by atoms with E-state index in [1.165, 1.54) is 12.1 Å². The average molecular weight is 427 g/mol. The van der Waals surface area contributed by atoms with Gasteiger partial charge in [0, 0.05) is 0 Å². The largest absolute Gasteiger partial charge is 0.479 e. The normalized spacial score (nSPS) is 13.3. The van der Waals surface area contributed by atoms with Crippen molar-refractivity contribution in [3.8, 4) is 0 Å². The Labute approximate surface area is 163 Å². The number of aliphatic carboxylic acids is 1. The third kappa shape index (κ3) is 6.85. The molecule has 1 atom stereocenters. The molecule has 0 fully saturated rings. The lowest BCUT2D eigenvalue weighted by Gasteiger charge is -2.24. The lowest BCUT2D eigenvalue weighted by molar-refractivity contribution is -0.140. The van der Waals surface area contributed by atoms with E-state index in [1.54, 1.807) is 12.1 Å². The number of hydrogen-bond acceptors (Lipinski definition) is 6. The maximum absolute atomic E-state index is 12.5. The fraction of sp³-hybridized carbons (Fsp3) is 0.500. The van der Waals surface area contributed by atoms with Gasteiger partial charge >= 0.3 is 5.97 Å². The molecule has 10 heteroatoms. The van der Waals surface area contributed by atoms with E-state index in [0.29, 0.717) is 19.4 Å². The second-order valence-corrected chi connectivity index (χ2v) is 8.30. The van der Waals surface area contributed by atoms with Crippen LogP contribution in [0.5, 0.6) is 0 Å². The van der Waals surface area contributed by atoms with Gasteiger partial charge in [-0.2, -0.15) is 0 Å². The van der Waals surface area contributed by atoms with Gasteiger partial charge in [-0.15, -0.1) is 23.2 Å². The molecule has 0 amide bonds. The molecule has 0 radical (unpaired) electrons. The number of carboxylic acid groups (broad SMARTS) is 1. The summed E-state index contributed by atoms with van der Waals surface area (Å²) in [4.78, 5) is 18.9. The van der Waals surface area contributed by atoms with Crippen molar-refractivity contribution in [3.05, 3.63) is 29.8 Å². The number of Topliss-reactive ketones (excluding diaryl/α,β-unsaturated/α-hetero) is 1. The number of carbonyl (C=O) groups excluding carboxylic acids is 1. The summed E-state index contributed by atoms with van der Waals surface area (Å²) in [5.74, 6) is -1.61. The van der Waals surface area contributed by atoms with Crippen LogP contribution >= 0.6 is 23.2 Å². The van der Waals surface area contributed by atoms with Gasteiger partial charge in [-0.3, -0.25) is 4.79 Å². The molecule has 0 bridgehead atoms. The summed E-state index contributed by atoms with van der Waals surface area (Å²) in [5, 5.41) is 9.25. The third-order valence-corrected chi connectivity index (χ3v) is 6.30. The van der Waals surface area contributed by atoms with Crippen LogP contribution in [0, 0.1) is 6.92 Å². The van der Waals surface area contributed by atoms with Crippen LogP contribution in [-0.4, -0.2) is 48.5 Å².